The fourth-order valence-electron chi connectivity index (χ4n) is 3.60. The summed E-state index contributed by atoms with van der Waals surface area (Å²) in [5.74, 6) is 0.0440. The van der Waals surface area contributed by atoms with E-state index in [2.05, 4.69) is 23.4 Å². The summed E-state index contributed by atoms with van der Waals surface area (Å²) in [4.78, 5) is 20.0. The molecule has 0 bridgehead atoms. The highest BCUT2D eigenvalue weighted by Crippen LogP contribution is 2.35. The number of benzene rings is 1. The fourth-order valence-corrected chi connectivity index (χ4v) is 4.53. The summed E-state index contributed by atoms with van der Waals surface area (Å²) in [5.41, 5.74) is 1.86. The number of hydrogen-bond donors (Lipinski definition) is 0. The van der Waals surface area contributed by atoms with Crippen molar-refractivity contribution in [2.45, 2.75) is 25.8 Å². The third-order valence-electron chi connectivity index (χ3n) is 5.00. The maximum atomic E-state index is 14.4. The molecule has 1 atom stereocenters. The minimum atomic E-state index is -0.490. The summed E-state index contributed by atoms with van der Waals surface area (Å²) >= 11 is 1.76. The first-order valence-corrected chi connectivity index (χ1v) is 10.5. The van der Waals surface area contributed by atoms with Crippen molar-refractivity contribution in [1.29, 1.82) is 0 Å². The Morgan fingerprint density at radius 2 is 2.28 bits per heavy atom. The number of rotatable bonds is 5. The van der Waals surface area contributed by atoms with E-state index in [1.807, 2.05) is 4.90 Å². The normalized spacial score (nSPS) is 16.1. The average Bonchev–Trinajstić information content (AvgIpc) is 3.22. The van der Waals surface area contributed by atoms with E-state index in [1.54, 1.807) is 47.9 Å². The van der Waals surface area contributed by atoms with E-state index in [4.69, 9.17) is 4.74 Å². The standard InChI is InChI=1S/C23H21FN2O2S/c1-2-20-18-10-13-29-22(18)9-12-26(20)23(27)8-6-16-5-7-21(19(24)14-16)28-17-4-3-11-25-15-17/h3-8,10-11,13-15,20H,2,9,12H2,1H3/b8-6+. The molecular formula is C23H21FN2O2S. The first kappa shape index (κ1) is 19.3. The van der Waals surface area contributed by atoms with Crippen LogP contribution in [-0.2, 0) is 11.2 Å². The lowest BCUT2D eigenvalue weighted by Gasteiger charge is -2.34. The molecule has 0 saturated heterocycles. The summed E-state index contributed by atoms with van der Waals surface area (Å²) in [5, 5.41) is 2.09. The Balaban J connectivity index is 1.46. The molecule has 0 spiro atoms. The largest absolute Gasteiger partial charge is 0.453 e. The van der Waals surface area contributed by atoms with Gasteiger partial charge in [-0.15, -0.1) is 11.3 Å². The van der Waals surface area contributed by atoms with Gasteiger partial charge >= 0.3 is 0 Å². The van der Waals surface area contributed by atoms with Crippen LogP contribution in [0.5, 0.6) is 11.5 Å². The monoisotopic (exact) mass is 408 g/mol. The van der Waals surface area contributed by atoms with Crippen LogP contribution in [0.2, 0.25) is 0 Å². The summed E-state index contributed by atoms with van der Waals surface area (Å²) in [7, 11) is 0. The van der Waals surface area contributed by atoms with Crippen LogP contribution in [0.1, 0.15) is 35.4 Å². The number of halogens is 1. The molecule has 4 nitrogen and oxygen atoms in total. The first-order valence-electron chi connectivity index (χ1n) is 9.58. The van der Waals surface area contributed by atoms with Gasteiger partial charge in [-0.1, -0.05) is 13.0 Å². The Hall–Kier alpha value is -2.99. The molecule has 1 unspecified atom stereocenters. The van der Waals surface area contributed by atoms with Crippen molar-refractivity contribution in [1.82, 2.24) is 9.88 Å². The number of fused-ring (bicyclic) bond motifs is 1. The maximum Gasteiger partial charge on any atom is 0.247 e. The summed E-state index contributed by atoms with van der Waals surface area (Å²) in [6.45, 7) is 2.80. The van der Waals surface area contributed by atoms with Gasteiger partial charge in [-0.2, -0.15) is 0 Å². The van der Waals surface area contributed by atoms with Gasteiger partial charge in [0.1, 0.15) is 5.75 Å². The highest BCUT2D eigenvalue weighted by molar-refractivity contribution is 7.10. The van der Waals surface area contributed by atoms with E-state index >= 15 is 0 Å². The Morgan fingerprint density at radius 1 is 1.38 bits per heavy atom. The zero-order chi connectivity index (χ0) is 20.2. The summed E-state index contributed by atoms with van der Waals surface area (Å²) in [6, 6.07) is 10.3. The number of carbonyl (C=O) groups is 1. The first-order chi connectivity index (χ1) is 14.2. The van der Waals surface area contributed by atoms with Gasteiger partial charge in [-0.25, -0.2) is 4.39 Å². The van der Waals surface area contributed by atoms with Gasteiger partial charge in [0.2, 0.25) is 5.91 Å². The van der Waals surface area contributed by atoms with Crippen molar-refractivity contribution in [3.63, 3.8) is 0 Å². The van der Waals surface area contributed by atoms with Crippen molar-refractivity contribution in [3.05, 3.63) is 82.1 Å². The number of carbonyl (C=O) groups excluding carboxylic acids is 1. The molecule has 3 heterocycles. The molecule has 1 amide bonds. The lowest BCUT2D eigenvalue weighted by atomic mass is 9.97. The van der Waals surface area contributed by atoms with Gasteiger partial charge < -0.3 is 9.64 Å². The summed E-state index contributed by atoms with van der Waals surface area (Å²) in [6.07, 6.45) is 8.08. The molecule has 4 rings (SSSR count). The number of hydrogen-bond acceptors (Lipinski definition) is 4. The van der Waals surface area contributed by atoms with E-state index in [-0.39, 0.29) is 17.7 Å². The van der Waals surface area contributed by atoms with Crippen molar-refractivity contribution < 1.29 is 13.9 Å². The molecule has 1 aliphatic heterocycles. The van der Waals surface area contributed by atoms with Crippen LogP contribution in [0, 0.1) is 5.82 Å². The van der Waals surface area contributed by atoms with Crippen molar-refractivity contribution >= 4 is 23.3 Å². The fraction of sp³-hybridized carbons (Fsp3) is 0.217. The van der Waals surface area contributed by atoms with E-state index < -0.39 is 5.82 Å². The molecule has 6 heteroatoms. The molecule has 29 heavy (non-hydrogen) atoms. The molecule has 3 aromatic rings. The van der Waals surface area contributed by atoms with Crippen LogP contribution in [0.4, 0.5) is 4.39 Å². The number of aromatic nitrogens is 1. The topological polar surface area (TPSA) is 42.4 Å². The number of amides is 1. The minimum Gasteiger partial charge on any atom is -0.453 e. The number of ether oxygens (including phenoxy) is 1. The molecule has 0 aliphatic carbocycles. The average molecular weight is 408 g/mol. The second kappa shape index (κ2) is 8.57. The van der Waals surface area contributed by atoms with E-state index in [0.717, 1.165) is 12.8 Å². The van der Waals surface area contributed by atoms with Crippen molar-refractivity contribution in [3.8, 4) is 11.5 Å². The lowest BCUT2D eigenvalue weighted by Crippen LogP contribution is -2.38. The van der Waals surface area contributed by atoms with E-state index in [9.17, 15) is 9.18 Å². The van der Waals surface area contributed by atoms with Crippen LogP contribution in [-0.4, -0.2) is 22.3 Å². The van der Waals surface area contributed by atoms with E-state index in [0.29, 0.717) is 17.9 Å². The van der Waals surface area contributed by atoms with Crippen LogP contribution >= 0.6 is 11.3 Å². The van der Waals surface area contributed by atoms with Gasteiger partial charge in [0.15, 0.2) is 11.6 Å². The predicted octanol–water partition coefficient (Wildman–Crippen LogP) is 5.62. The zero-order valence-electron chi connectivity index (χ0n) is 16.0. The Kier molecular flexibility index (Phi) is 5.71. The Bertz CT molecular complexity index is 1030. The minimum absolute atomic E-state index is 0.0511. The van der Waals surface area contributed by atoms with Crippen LogP contribution in [0.3, 0.4) is 0 Å². The zero-order valence-corrected chi connectivity index (χ0v) is 16.9. The number of nitrogens with zero attached hydrogens (tertiary/aromatic N) is 2. The molecule has 1 aromatic carbocycles. The van der Waals surface area contributed by atoms with Gasteiger partial charge in [0, 0.05) is 23.7 Å². The molecule has 0 fully saturated rings. The number of pyridine rings is 1. The SMILES string of the molecule is CCC1c2ccsc2CCN1C(=O)/C=C/c1ccc(Oc2cccnc2)c(F)c1. The highest BCUT2D eigenvalue weighted by atomic mass is 32.1. The van der Waals surface area contributed by atoms with Gasteiger partial charge in [0.25, 0.3) is 0 Å². The molecular weight excluding hydrogens is 387 g/mol. The van der Waals surface area contributed by atoms with Gasteiger partial charge in [0.05, 0.1) is 12.2 Å². The van der Waals surface area contributed by atoms with E-state index in [1.165, 1.54) is 28.8 Å². The third kappa shape index (κ3) is 4.22. The van der Waals surface area contributed by atoms with Gasteiger partial charge in [-0.3, -0.25) is 9.78 Å². The molecule has 0 saturated carbocycles. The third-order valence-corrected chi connectivity index (χ3v) is 6.00. The second-order valence-electron chi connectivity index (χ2n) is 6.82. The highest BCUT2D eigenvalue weighted by Gasteiger charge is 2.29. The molecule has 0 radical (unpaired) electrons. The maximum absolute atomic E-state index is 14.4. The van der Waals surface area contributed by atoms with Crippen LogP contribution in [0.25, 0.3) is 6.08 Å². The molecule has 1 aliphatic rings. The smallest absolute Gasteiger partial charge is 0.247 e. The number of thiophene rings is 1. The van der Waals surface area contributed by atoms with Gasteiger partial charge in [-0.05, 0) is 65.8 Å². The van der Waals surface area contributed by atoms with Crippen molar-refractivity contribution in [2.24, 2.45) is 0 Å². The molecule has 148 valence electrons. The lowest BCUT2D eigenvalue weighted by molar-refractivity contribution is -0.128. The second-order valence-corrected chi connectivity index (χ2v) is 7.82. The molecule has 0 N–H and O–H groups in total. The van der Waals surface area contributed by atoms with Crippen molar-refractivity contribution in [2.75, 3.05) is 6.54 Å². The molecule has 2 aromatic heterocycles. The quantitative estimate of drug-likeness (QED) is 0.514. The Morgan fingerprint density at radius 3 is 3.03 bits per heavy atom. The van der Waals surface area contributed by atoms with Crippen LogP contribution < -0.4 is 4.74 Å². The predicted molar refractivity (Wildman–Crippen MR) is 113 cm³/mol. The van der Waals surface area contributed by atoms with Crippen LogP contribution in [0.15, 0.2) is 60.2 Å². The Labute approximate surface area is 173 Å². The summed E-state index contributed by atoms with van der Waals surface area (Å²) < 4.78 is 19.9.